The predicted octanol–water partition coefficient (Wildman–Crippen LogP) is 0.969. The van der Waals surface area contributed by atoms with Gasteiger partial charge in [-0.15, -0.1) is 0 Å². The van der Waals surface area contributed by atoms with Crippen LogP contribution in [-0.2, 0) is 4.74 Å². The molecule has 3 heteroatoms. The van der Waals surface area contributed by atoms with Crippen molar-refractivity contribution < 1.29 is 4.74 Å². The molecule has 62 valence electrons. The lowest BCUT2D eigenvalue weighted by Crippen LogP contribution is -2.16. The molecule has 0 spiro atoms. The first-order chi connectivity index (χ1) is 5.25. The van der Waals surface area contributed by atoms with E-state index in [-0.39, 0.29) is 6.04 Å². The van der Waals surface area contributed by atoms with Gasteiger partial charge in [0.05, 0.1) is 12.6 Å². The Morgan fingerprint density at radius 2 is 2.36 bits per heavy atom. The topological polar surface area (TPSA) is 51.0 Å². The highest BCUT2D eigenvalue weighted by Gasteiger charge is 2.07. The van der Waals surface area contributed by atoms with Crippen LogP contribution in [0.1, 0.15) is 17.2 Å². The highest BCUT2D eigenvalue weighted by molar-refractivity contribution is 5.24. The summed E-state index contributed by atoms with van der Waals surface area (Å²) in [5.74, 6) is 0. The summed E-state index contributed by atoms with van der Waals surface area (Å²) in [7, 11) is 1.65. The van der Waals surface area contributed by atoms with E-state index < -0.39 is 0 Å². The monoisotopic (exact) mass is 154 g/mol. The Hall–Kier alpha value is -0.800. The third kappa shape index (κ3) is 1.82. The molecule has 0 bridgehead atoms. The SMILES string of the molecule is COC[C@H](N)c1c[nH]cc1C. The summed E-state index contributed by atoms with van der Waals surface area (Å²) in [5, 5.41) is 0. The van der Waals surface area contributed by atoms with Crippen molar-refractivity contribution in [3.63, 3.8) is 0 Å². The molecule has 0 amide bonds. The average Bonchev–Trinajstić information content (AvgIpc) is 2.36. The number of aromatic nitrogens is 1. The van der Waals surface area contributed by atoms with Gasteiger partial charge in [0.1, 0.15) is 0 Å². The zero-order valence-corrected chi connectivity index (χ0v) is 6.92. The number of H-pyrrole nitrogens is 1. The van der Waals surface area contributed by atoms with Crippen molar-refractivity contribution >= 4 is 0 Å². The van der Waals surface area contributed by atoms with Crippen molar-refractivity contribution in [3.05, 3.63) is 23.5 Å². The van der Waals surface area contributed by atoms with Gasteiger partial charge in [0.2, 0.25) is 0 Å². The normalized spacial score (nSPS) is 13.4. The summed E-state index contributed by atoms with van der Waals surface area (Å²) in [6, 6.07) is -0.00810. The number of rotatable bonds is 3. The van der Waals surface area contributed by atoms with Crippen LogP contribution in [0, 0.1) is 6.92 Å². The standard InChI is InChI=1S/C8H14N2O/c1-6-3-10-4-7(6)8(9)5-11-2/h3-4,8,10H,5,9H2,1-2H3/t8-/m0/s1. The molecule has 3 nitrogen and oxygen atoms in total. The molecule has 0 aliphatic heterocycles. The van der Waals surface area contributed by atoms with Crippen molar-refractivity contribution in [3.8, 4) is 0 Å². The molecule has 1 aromatic heterocycles. The number of nitrogens with one attached hydrogen (secondary N) is 1. The fourth-order valence-electron chi connectivity index (χ4n) is 1.12. The van der Waals surface area contributed by atoms with Gasteiger partial charge in [-0.05, 0) is 18.1 Å². The molecule has 3 N–H and O–H groups in total. The number of hydrogen-bond acceptors (Lipinski definition) is 2. The van der Waals surface area contributed by atoms with E-state index in [1.165, 1.54) is 5.56 Å². The van der Waals surface area contributed by atoms with E-state index in [0.717, 1.165) is 5.56 Å². The average molecular weight is 154 g/mol. The van der Waals surface area contributed by atoms with Gasteiger partial charge in [0, 0.05) is 19.5 Å². The molecule has 11 heavy (non-hydrogen) atoms. The van der Waals surface area contributed by atoms with Crippen LogP contribution in [0.3, 0.4) is 0 Å². The molecule has 0 saturated heterocycles. The maximum Gasteiger partial charge on any atom is 0.0656 e. The minimum Gasteiger partial charge on any atom is -0.383 e. The summed E-state index contributed by atoms with van der Waals surface area (Å²) in [6.45, 7) is 2.60. The van der Waals surface area contributed by atoms with Gasteiger partial charge in [0.25, 0.3) is 0 Å². The molecule has 0 aliphatic rings. The number of aromatic amines is 1. The second-order valence-electron chi connectivity index (χ2n) is 2.66. The summed E-state index contributed by atoms with van der Waals surface area (Å²) in [5.41, 5.74) is 8.13. The molecule has 0 fully saturated rings. The largest absolute Gasteiger partial charge is 0.383 e. The molecule has 1 aromatic rings. The van der Waals surface area contributed by atoms with Crippen molar-refractivity contribution in [2.24, 2.45) is 5.73 Å². The molecular formula is C8H14N2O. The Kier molecular flexibility index (Phi) is 2.68. The maximum atomic E-state index is 5.81. The number of methoxy groups -OCH3 is 1. The van der Waals surface area contributed by atoms with Crippen LogP contribution in [0.2, 0.25) is 0 Å². The van der Waals surface area contributed by atoms with E-state index in [9.17, 15) is 0 Å². The Bertz CT molecular complexity index is 220. The van der Waals surface area contributed by atoms with E-state index in [0.29, 0.717) is 6.61 Å². The zero-order valence-electron chi connectivity index (χ0n) is 6.92. The first-order valence-electron chi connectivity index (χ1n) is 3.63. The number of ether oxygens (including phenoxy) is 1. The van der Waals surface area contributed by atoms with Gasteiger partial charge in [-0.25, -0.2) is 0 Å². The van der Waals surface area contributed by atoms with Gasteiger partial charge < -0.3 is 15.5 Å². The summed E-state index contributed by atoms with van der Waals surface area (Å²) >= 11 is 0. The van der Waals surface area contributed by atoms with Gasteiger partial charge in [-0.1, -0.05) is 0 Å². The molecule has 0 aromatic carbocycles. The minimum absolute atomic E-state index is 0.00810. The van der Waals surface area contributed by atoms with Crippen LogP contribution in [0.15, 0.2) is 12.4 Å². The molecule has 0 saturated carbocycles. The number of aryl methyl sites for hydroxylation is 1. The highest BCUT2D eigenvalue weighted by atomic mass is 16.5. The Morgan fingerprint density at radius 1 is 1.64 bits per heavy atom. The van der Waals surface area contributed by atoms with Crippen molar-refractivity contribution in [1.82, 2.24) is 4.98 Å². The first kappa shape index (κ1) is 8.30. The third-order valence-corrected chi connectivity index (χ3v) is 1.74. The summed E-state index contributed by atoms with van der Waals surface area (Å²) in [6.07, 6.45) is 3.85. The van der Waals surface area contributed by atoms with Gasteiger partial charge in [0.15, 0.2) is 0 Å². The van der Waals surface area contributed by atoms with Crippen LogP contribution >= 0.6 is 0 Å². The Balaban J connectivity index is 2.67. The molecule has 0 unspecified atom stereocenters. The van der Waals surface area contributed by atoms with Crippen molar-refractivity contribution in [1.29, 1.82) is 0 Å². The molecule has 1 atom stereocenters. The second kappa shape index (κ2) is 3.55. The second-order valence-corrected chi connectivity index (χ2v) is 2.66. The molecular weight excluding hydrogens is 140 g/mol. The van der Waals surface area contributed by atoms with Gasteiger partial charge in [-0.3, -0.25) is 0 Å². The van der Waals surface area contributed by atoms with Crippen LogP contribution < -0.4 is 5.73 Å². The summed E-state index contributed by atoms with van der Waals surface area (Å²) < 4.78 is 4.94. The third-order valence-electron chi connectivity index (χ3n) is 1.74. The van der Waals surface area contributed by atoms with E-state index in [1.54, 1.807) is 7.11 Å². The van der Waals surface area contributed by atoms with Crippen LogP contribution in [0.5, 0.6) is 0 Å². The van der Waals surface area contributed by atoms with Crippen LogP contribution in [-0.4, -0.2) is 18.7 Å². The Labute approximate surface area is 66.6 Å². The fourth-order valence-corrected chi connectivity index (χ4v) is 1.12. The van der Waals surface area contributed by atoms with Crippen molar-refractivity contribution in [2.45, 2.75) is 13.0 Å². The fraction of sp³-hybridized carbons (Fsp3) is 0.500. The lowest BCUT2D eigenvalue weighted by atomic mass is 10.1. The lowest BCUT2D eigenvalue weighted by Gasteiger charge is -2.08. The number of nitrogens with two attached hydrogens (primary N) is 1. The molecule has 0 aliphatic carbocycles. The highest BCUT2D eigenvalue weighted by Crippen LogP contribution is 2.14. The molecule has 1 heterocycles. The smallest absolute Gasteiger partial charge is 0.0656 e. The number of hydrogen-bond donors (Lipinski definition) is 2. The molecule has 0 radical (unpaired) electrons. The minimum atomic E-state index is -0.00810. The van der Waals surface area contributed by atoms with Gasteiger partial charge in [-0.2, -0.15) is 0 Å². The molecule has 1 rings (SSSR count). The first-order valence-corrected chi connectivity index (χ1v) is 3.63. The van der Waals surface area contributed by atoms with E-state index in [2.05, 4.69) is 4.98 Å². The van der Waals surface area contributed by atoms with E-state index >= 15 is 0 Å². The lowest BCUT2D eigenvalue weighted by molar-refractivity contribution is 0.181. The van der Waals surface area contributed by atoms with Crippen molar-refractivity contribution in [2.75, 3.05) is 13.7 Å². The zero-order chi connectivity index (χ0) is 8.27. The summed E-state index contributed by atoms with van der Waals surface area (Å²) in [4.78, 5) is 3.00. The van der Waals surface area contributed by atoms with Gasteiger partial charge >= 0.3 is 0 Å². The van der Waals surface area contributed by atoms with Crippen LogP contribution in [0.4, 0.5) is 0 Å². The predicted molar refractivity (Wildman–Crippen MR) is 44.3 cm³/mol. The quantitative estimate of drug-likeness (QED) is 0.681. The van der Waals surface area contributed by atoms with Crippen LogP contribution in [0.25, 0.3) is 0 Å². The maximum absolute atomic E-state index is 5.81. The van der Waals surface area contributed by atoms with E-state index in [4.69, 9.17) is 10.5 Å². The Morgan fingerprint density at radius 3 is 2.82 bits per heavy atom. The van der Waals surface area contributed by atoms with E-state index in [1.807, 2.05) is 19.3 Å².